The third kappa shape index (κ3) is 2.47. The van der Waals surface area contributed by atoms with Crippen molar-refractivity contribution in [3.63, 3.8) is 0 Å². The molecule has 0 bridgehead atoms. The van der Waals surface area contributed by atoms with Gasteiger partial charge in [-0.15, -0.1) is 11.3 Å². The quantitative estimate of drug-likeness (QED) is 0.907. The van der Waals surface area contributed by atoms with Gasteiger partial charge in [0.05, 0.1) is 17.0 Å². The fraction of sp³-hybridized carbons (Fsp3) is 0.533. The van der Waals surface area contributed by atoms with E-state index in [-0.39, 0.29) is 12.1 Å². The van der Waals surface area contributed by atoms with Crippen LogP contribution in [0.5, 0.6) is 0 Å². The van der Waals surface area contributed by atoms with Gasteiger partial charge in [0.1, 0.15) is 5.82 Å². The van der Waals surface area contributed by atoms with Crippen LogP contribution in [0.1, 0.15) is 39.2 Å². The maximum absolute atomic E-state index is 10.3. The highest BCUT2D eigenvalue weighted by Crippen LogP contribution is 2.42. The summed E-state index contributed by atoms with van der Waals surface area (Å²) in [5, 5.41) is 12.4. The van der Waals surface area contributed by atoms with Gasteiger partial charge in [0.25, 0.3) is 0 Å². The highest BCUT2D eigenvalue weighted by Gasteiger charge is 2.35. The lowest BCUT2D eigenvalue weighted by Crippen LogP contribution is -2.35. The number of imidazole rings is 1. The Labute approximate surface area is 117 Å². The molecule has 1 N–H and O–H groups in total. The van der Waals surface area contributed by atoms with Crippen LogP contribution in [0.15, 0.2) is 29.9 Å². The molecule has 2 aromatic rings. The van der Waals surface area contributed by atoms with Crippen LogP contribution in [0.3, 0.4) is 0 Å². The molecule has 0 spiro atoms. The summed E-state index contributed by atoms with van der Waals surface area (Å²) < 4.78 is 2.16. The average molecular weight is 276 g/mol. The van der Waals surface area contributed by atoms with Gasteiger partial charge >= 0.3 is 0 Å². The highest BCUT2D eigenvalue weighted by atomic mass is 32.1. The first-order valence-corrected chi connectivity index (χ1v) is 7.70. The first kappa shape index (κ1) is 12.9. The van der Waals surface area contributed by atoms with E-state index in [1.54, 1.807) is 11.3 Å². The molecular formula is C15H20N2OS. The van der Waals surface area contributed by atoms with Crippen LogP contribution in [0, 0.1) is 5.41 Å². The lowest BCUT2D eigenvalue weighted by Gasteiger charge is -2.39. The summed E-state index contributed by atoms with van der Waals surface area (Å²) in [6.45, 7) is 4.57. The molecule has 1 saturated carbocycles. The van der Waals surface area contributed by atoms with E-state index in [0.29, 0.717) is 5.41 Å². The zero-order valence-corrected chi connectivity index (χ0v) is 12.2. The molecule has 3 rings (SSSR count). The fourth-order valence-corrected chi connectivity index (χ4v) is 3.72. The molecule has 102 valence electrons. The topological polar surface area (TPSA) is 38.0 Å². The van der Waals surface area contributed by atoms with Crippen molar-refractivity contribution in [3.8, 4) is 10.7 Å². The van der Waals surface area contributed by atoms with Gasteiger partial charge in [-0.25, -0.2) is 4.98 Å². The van der Waals surface area contributed by atoms with E-state index in [2.05, 4.69) is 34.8 Å². The van der Waals surface area contributed by atoms with E-state index >= 15 is 0 Å². The van der Waals surface area contributed by atoms with E-state index < -0.39 is 0 Å². The first-order chi connectivity index (χ1) is 9.07. The zero-order valence-electron chi connectivity index (χ0n) is 11.4. The molecule has 4 heteroatoms. The van der Waals surface area contributed by atoms with Gasteiger partial charge in [-0.3, -0.25) is 0 Å². The number of rotatable bonds is 2. The van der Waals surface area contributed by atoms with Crippen molar-refractivity contribution in [1.82, 2.24) is 9.55 Å². The van der Waals surface area contributed by atoms with Crippen LogP contribution in [-0.4, -0.2) is 20.8 Å². The minimum atomic E-state index is -0.263. The molecule has 19 heavy (non-hydrogen) atoms. The van der Waals surface area contributed by atoms with E-state index in [0.717, 1.165) is 25.1 Å². The minimum absolute atomic E-state index is 0.142. The van der Waals surface area contributed by atoms with Crippen molar-refractivity contribution in [1.29, 1.82) is 0 Å². The molecule has 1 fully saturated rings. The van der Waals surface area contributed by atoms with Crippen molar-refractivity contribution in [2.75, 3.05) is 0 Å². The second kappa shape index (κ2) is 4.76. The van der Waals surface area contributed by atoms with Gasteiger partial charge in [0.15, 0.2) is 0 Å². The standard InChI is InChI=1S/C15H20N2OS/c1-15(2)6-5-12(18)11(10-15)17-8-7-16-14(17)13-4-3-9-19-13/h3-4,7-9,11-12,18H,5-6,10H2,1-2H3. The van der Waals surface area contributed by atoms with Gasteiger partial charge in [-0.2, -0.15) is 0 Å². The Hall–Kier alpha value is -1.13. The van der Waals surface area contributed by atoms with E-state index in [9.17, 15) is 5.11 Å². The molecule has 3 nitrogen and oxygen atoms in total. The van der Waals surface area contributed by atoms with Crippen LogP contribution in [0.25, 0.3) is 10.7 Å². The van der Waals surface area contributed by atoms with Crippen LogP contribution < -0.4 is 0 Å². The maximum atomic E-state index is 10.3. The van der Waals surface area contributed by atoms with Crippen molar-refractivity contribution >= 4 is 11.3 Å². The number of aliphatic hydroxyl groups excluding tert-OH is 1. The SMILES string of the molecule is CC1(C)CCC(O)C(n2ccnc2-c2cccs2)C1. The predicted octanol–water partition coefficient (Wildman–Crippen LogP) is 3.72. The Balaban J connectivity index is 1.96. The molecule has 2 unspecified atom stereocenters. The van der Waals surface area contributed by atoms with Crippen molar-refractivity contribution in [3.05, 3.63) is 29.9 Å². The van der Waals surface area contributed by atoms with Crippen LogP contribution in [0.2, 0.25) is 0 Å². The van der Waals surface area contributed by atoms with Crippen molar-refractivity contribution < 1.29 is 5.11 Å². The third-order valence-corrected chi connectivity index (χ3v) is 4.96. The zero-order chi connectivity index (χ0) is 13.5. The Morgan fingerprint density at radius 2 is 2.32 bits per heavy atom. The molecule has 0 aromatic carbocycles. The summed E-state index contributed by atoms with van der Waals surface area (Å²) in [5.74, 6) is 0.983. The van der Waals surface area contributed by atoms with Gasteiger partial charge < -0.3 is 9.67 Å². The maximum Gasteiger partial charge on any atom is 0.150 e. The summed E-state index contributed by atoms with van der Waals surface area (Å²) >= 11 is 1.69. The molecule has 0 radical (unpaired) electrons. The normalized spacial score (nSPS) is 26.5. The minimum Gasteiger partial charge on any atom is -0.391 e. The second-order valence-corrected chi connectivity index (χ2v) is 7.12. The Bertz CT molecular complexity index is 544. The number of hydrogen-bond donors (Lipinski definition) is 1. The summed E-state index contributed by atoms with van der Waals surface area (Å²) in [6, 6.07) is 4.27. The number of nitrogens with zero attached hydrogens (tertiary/aromatic N) is 2. The number of thiophene rings is 1. The van der Waals surface area contributed by atoms with Gasteiger partial charge in [0.2, 0.25) is 0 Å². The number of aromatic nitrogens is 2. The van der Waals surface area contributed by atoms with Gasteiger partial charge in [-0.05, 0) is 36.1 Å². The lowest BCUT2D eigenvalue weighted by molar-refractivity contribution is 0.0287. The molecule has 1 aliphatic rings. The second-order valence-electron chi connectivity index (χ2n) is 6.18. The third-order valence-electron chi connectivity index (χ3n) is 4.09. The monoisotopic (exact) mass is 276 g/mol. The summed E-state index contributed by atoms with van der Waals surface area (Å²) in [6.07, 6.45) is 6.55. The van der Waals surface area contributed by atoms with Crippen molar-refractivity contribution in [2.24, 2.45) is 5.41 Å². The molecule has 1 aliphatic carbocycles. The lowest BCUT2D eigenvalue weighted by atomic mass is 9.74. The molecule has 0 aliphatic heterocycles. The first-order valence-electron chi connectivity index (χ1n) is 6.82. The molecule has 2 heterocycles. The number of aliphatic hydroxyl groups is 1. The summed E-state index contributed by atoms with van der Waals surface area (Å²) in [7, 11) is 0. The van der Waals surface area contributed by atoms with Crippen LogP contribution in [0.4, 0.5) is 0 Å². The van der Waals surface area contributed by atoms with Crippen molar-refractivity contribution in [2.45, 2.75) is 45.3 Å². The van der Waals surface area contributed by atoms with Gasteiger partial charge in [-0.1, -0.05) is 19.9 Å². The van der Waals surface area contributed by atoms with E-state index in [1.165, 1.54) is 4.88 Å². The number of hydrogen-bond acceptors (Lipinski definition) is 3. The fourth-order valence-electron chi connectivity index (χ4n) is 3.00. The summed E-state index contributed by atoms with van der Waals surface area (Å²) in [4.78, 5) is 5.65. The Kier molecular flexibility index (Phi) is 3.23. The van der Waals surface area contributed by atoms with Gasteiger partial charge in [0, 0.05) is 12.4 Å². The molecule has 2 atom stereocenters. The molecule has 0 saturated heterocycles. The largest absolute Gasteiger partial charge is 0.391 e. The molecule has 2 aromatic heterocycles. The Morgan fingerprint density at radius 3 is 3.05 bits per heavy atom. The molecule has 0 amide bonds. The smallest absolute Gasteiger partial charge is 0.150 e. The van der Waals surface area contributed by atoms with Crippen LogP contribution >= 0.6 is 11.3 Å². The van der Waals surface area contributed by atoms with E-state index in [4.69, 9.17) is 0 Å². The molecular weight excluding hydrogens is 256 g/mol. The highest BCUT2D eigenvalue weighted by molar-refractivity contribution is 7.13. The predicted molar refractivity (Wildman–Crippen MR) is 78.2 cm³/mol. The average Bonchev–Trinajstić information content (AvgIpc) is 3.01. The Morgan fingerprint density at radius 1 is 1.47 bits per heavy atom. The van der Waals surface area contributed by atoms with E-state index in [1.807, 2.05) is 18.5 Å². The van der Waals surface area contributed by atoms with Crippen LogP contribution in [-0.2, 0) is 0 Å². The summed E-state index contributed by atoms with van der Waals surface area (Å²) in [5.41, 5.74) is 0.293.